The molecule has 0 aliphatic rings. The minimum atomic E-state index is -1.41. The van der Waals surface area contributed by atoms with Crippen molar-refractivity contribution >= 4 is 46.9 Å². The molecule has 8 nitrogen and oxygen atoms in total. The SMILES string of the molecule is Cc1cccc(NC(=O)CSc2cccc(NC(=O)c3ccc(C(=O)O)cc3C(=O)O)c2)c1. The number of carbonyl (C=O) groups excluding carboxylic acids is 2. The highest BCUT2D eigenvalue weighted by Crippen LogP contribution is 2.23. The number of aromatic carboxylic acids is 2. The summed E-state index contributed by atoms with van der Waals surface area (Å²) in [7, 11) is 0. The molecule has 0 radical (unpaired) electrons. The molecule has 2 amide bonds. The van der Waals surface area contributed by atoms with Crippen LogP contribution >= 0.6 is 11.8 Å². The van der Waals surface area contributed by atoms with E-state index in [4.69, 9.17) is 5.11 Å². The monoisotopic (exact) mass is 464 g/mol. The van der Waals surface area contributed by atoms with E-state index in [-0.39, 0.29) is 22.8 Å². The lowest BCUT2D eigenvalue weighted by Crippen LogP contribution is -2.17. The number of carbonyl (C=O) groups is 4. The van der Waals surface area contributed by atoms with Gasteiger partial charge in [-0.2, -0.15) is 0 Å². The van der Waals surface area contributed by atoms with E-state index in [1.165, 1.54) is 17.8 Å². The van der Waals surface area contributed by atoms with Crippen LogP contribution in [0.25, 0.3) is 0 Å². The zero-order valence-corrected chi connectivity index (χ0v) is 18.3. The van der Waals surface area contributed by atoms with Crippen LogP contribution in [0.15, 0.2) is 71.6 Å². The average Bonchev–Trinajstić information content (AvgIpc) is 2.77. The van der Waals surface area contributed by atoms with Crippen LogP contribution in [0.4, 0.5) is 11.4 Å². The van der Waals surface area contributed by atoms with Crippen molar-refractivity contribution in [1.82, 2.24) is 0 Å². The van der Waals surface area contributed by atoms with Crippen LogP contribution in [-0.2, 0) is 4.79 Å². The average molecular weight is 464 g/mol. The fourth-order valence-corrected chi connectivity index (χ4v) is 3.74. The van der Waals surface area contributed by atoms with Crippen molar-refractivity contribution in [3.8, 4) is 0 Å². The molecule has 0 heterocycles. The highest BCUT2D eigenvalue weighted by atomic mass is 32.2. The van der Waals surface area contributed by atoms with Crippen molar-refractivity contribution in [3.63, 3.8) is 0 Å². The van der Waals surface area contributed by atoms with Crippen molar-refractivity contribution in [3.05, 3.63) is 89.0 Å². The number of carboxylic acids is 2. The summed E-state index contributed by atoms with van der Waals surface area (Å²) in [6.07, 6.45) is 0. The Morgan fingerprint density at radius 1 is 0.788 bits per heavy atom. The third kappa shape index (κ3) is 6.44. The van der Waals surface area contributed by atoms with Gasteiger partial charge in [-0.15, -0.1) is 11.8 Å². The van der Waals surface area contributed by atoms with Crippen LogP contribution in [-0.4, -0.2) is 39.7 Å². The van der Waals surface area contributed by atoms with Gasteiger partial charge >= 0.3 is 11.9 Å². The molecular weight excluding hydrogens is 444 g/mol. The minimum absolute atomic E-state index is 0.158. The maximum Gasteiger partial charge on any atom is 0.336 e. The molecule has 168 valence electrons. The van der Waals surface area contributed by atoms with Gasteiger partial charge in [0.1, 0.15) is 0 Å². The van der Waals surface area contributed by atoms with Crippen LogP contribution in [0, 0.1) is 6.92 Å². The summed E-state index contributed by atoms with van der Waals surface area (Å²) in [5.74, 6) is -3.41. The first-order valence-electron chi connectivity index (χ1n) is 9.74. The lowest BCUT2D eigenvalue weighted by molar-refractivity contribution is -0.113. The first kappa shape index (κ1) is 23.6. The maximum atomic E-state index is 12.6. The summed E-state index contributed by atoms with van der Waals surface area (Å²) in [5.41, 5.74) is 1.35. The van der Waals surface area contributed by atoms with Crippen molar-refractivity contribution < 1.29 is 29.4 Å². The molecule has 3 rings (SSSR count). The molecule has 3 aromatic carbocycles. The van der Waals surface area contributed by atoms with E-state index in [1.807, 2.05) is 25.1 Å². The number of amides is 2. The molecule has 0 saturated heterocycles. The number of anilines is 2. The Bertz CT molecular complexity index is 1240. The Morgan fingerprint density at radius 3 is 2.15 bits per heavy atom. The van der Waals surface area contributed by atoms with E-state index in [2.05, 4.69) is 10.6 Å². The van der Waals surface area contributed by atoms with Crippen molar-refractivity contribution in [1.29, 1.82) is 0 Å². The lowest BCUT2D eigenvalue weighted by Gasteiger charge is -2.10. The second kappa shape index (κ2) is 10.5. The first-order chi connectivity index (χ1) is 15.7. The smallest absolute Gasteiger partial charge is 0.336 e. The molecule has 33 heavy (non-hydrogen) atoms. The standard InChI is InChI=1S/C24H20N2O6S/c1-14-4-2-5-16(10-14)25-21(27)13-33-18-7-3-6-17(12-18)26-22(28)19-9-8-15(23(29)30)11-20(19)24(31)32/h2-12H,13H2,1H3,(H,25,27)(H,26,28)(H,29,30)(H,31,32). The zero-order chi connectivity index (χ0) is 24.0. The topological polar surface area (TPSA) is 133 Å². The second-order valence-corrected chi connectivity index (χ2v) is 8.11. The number of hydrogen-bond acceptors (Lipinski definition) is 5. The Labute approximate surface area is 193 Å². The van der Waals surface area contributed by atoms with Crippen molar-refractivity contribution in [2.75, 3.05) is 16.4 Å². The van der Waals surface area contributed by atoms with Crippen LogP contribution in [0.2, 0.25) is 0 Å². The summed E-state index contributed by atoms with van der Waals surface area (Å²) in [6, 6.07) is 17.5. The summed E-state index contributed by atoms with van der Waals surface area (Å²) in [6.45, 7) is 1.93. The predicted octanol–water partition coefficient (Wildman–Crippen LogP) is 4.37. The van der Waals surface area contributed by atoms with E-state index in [0.29, 0.717) is 11.4 Å². The van der Waals surface area contributed by atoms with Gasteiger partial charge in [0, 0.05) is 16.3 Å². The molecule has 0 aliphatic heterocycles. The van der Waals surface area contributed by atoms with Gasteiger partial charge in [-0.1, -0.05) is 18.2 Å². The number of carboxylic acid groups (broad SMARTS) is 2. The number of nitrogens with one attached hydrogen (secondary N) is 2. The van der Waals surface area contributed by atoms with Crippen LogP contribution in [0.3, 0.4) is 0 Å². The molecule has 0 saturated carbocycles. The molecular formula is C24H20N2O6S. The van der Waals surface area contributed by atoms with Gasteiger partial charge in [0.25, 0.3) is 5.91 Å². The summed E-state index contributed by atoms with van der Waals surface area (Å²) in [4.78, 5) is 48.2. The Morgan fingerprint density at radius 2 is 1.48 bits per heavy atom. The first-order valence-corrected chi connectivity index (χ1v) is 10.7. The van der Waals surface area contributed by atoms with Gasteiger partial charge in [0.15, 0.2) is 0 Å². The van der Waals surface area contributed by atoms with Gasteiger partial charge in [-0.3, -0.25) is 9.59 Å². The van der Waals surface area contributed by atoms with Crippen molar-refractivity contribution in [2.45, 2.75) is 11.8 Å². The molecule has 0 fully saturated rings. The third-order valence-electron chi connectivity index (χ3n) is 4.51. The van der Waals surface area contributed by atoms with Gasteiger partial charge in [-0.25, -0.2) is 9.59 Å². The summed E-state index contributed by atoms with van der Waals surface area (Å²) in [5, 5.41) is 23.8. The number of thioether (sulfide) groups is 1. The molecule has 0 atom stereocenters. The molecule has 0 unspecified atom stereocenters. The fraction of sp³-hybridized carbons (Fsp3) is 0.0833. The largest absolute Gasteiger partial charge is 0.478 e. The zero-order valence-electron chi connectivity index (χ0n) is 17.5. The van der Waals surface area contributed by atoms with Crippen LogP contribution in [0.1, 0.15) is 36.6 Å². The lowest BCUT2D eigenvalue weighted by atomic mass is 10.0. The quantitative estimate of drug-likeness (QED) is 0.364. The number of hydrogen-bond donors (Lipinski definition) is 4. The molecule has 9 heteroatoms. The highest BCUT2D eigenvalue weighted by Gasteiger charge is 2.19. The second-order valence-electron chi connectivity index (χ2n) is 7.06. The Hall–Kier alpha value is -4.11. The van der Waals surface area contributed by atoms with Gasteiger partial charge in [0.05, 0.1) is 22.4 Å². The molecule has 0 spiro atoms. The van der Waals surface area contributed by atoms with Gasteiger partial charge < -0.3 is 20.8 Å². The minimum Gasteiger partial charge on any atom is -0.478 e. The normalized spacial score (nSPS) is 10.3. The molecule has 4 N–H and O–H groups in total. The van der Waals surface area contributed by atoms with E-state index >= 15 is 0 Å². The van der Waals surface area contributed by atoms with Crippen LogP contribution in [0.5, 0.6) is 0 Å². The molecule has 0 aromatic heterocycles. The third-order valence-corrected chi connectivity index (χ3v) is 5.50. The van der Waals surface area contributed by atoms with Gasteiger partial charge in [-0.05, 0) is 61.0 Å². The molecule has 3 aromatic rings. The molecule has 0 bridgehead atoms. The summed E-state index contributed by atoms with van der Waals surface area (Å²) < 4.78 is 0. The van der Waals surface area contributed by atoms with E-state index in [9.17, 15) is 24.3 Å². The van der Waals surface area contributed by atoms with Crippen molar-refractivity contribution in [2.24, 2.45) is 0 Å². The van der Waals surface area contributed by atoms with Crippen LogP contribution < -0.4 is 10.6 Å². The predicted molar refractivity (Wildman–Crippen MR) is 125 cm³/mol. The van der Waals surface area contributed by atoms with E-state index in [1.54, 1.807) is 30.3 Å². The Kier molecular flexibility index (Phi) is 7.47. The fourth-order valence-electron chi connectivity index (χ4n) is 2.98. The number of rotatable bonds is 8. The van der Waals surface area contributed by atoms with Gasteiger partial charge in [0.2, 0.25) is 5.91 Å². The van der Waals surface area contributed by atoms with E-state index < -0.39 is 23.4 Å². The number of aryl methyl sites for hydroxylation is 1. The Balaban J connectivity index is 1.66. The highest BCUT2D eigenvalue weighted by molar-refractivity contribution is 8.00. The van der Waals surface area contributed by atoms with E-state index in [0.717, 1.165) is 22.6 Å². The molecule has 0 aliphatic carbocycles. The maximum absolute atomic E-state index is 12.6. The summed E-state index contributed by atoms with van der Waals surface area (Å²) >= 11 is 1.28. The number of benzene rings is 3.